The van der Waals surface area contributed by atoms with Crippen molar-refractivity contribution in [2.45, 2.75) is 38.3 Å². The molecule has 0 bridgehead atoms. The van der Waals surface area contributed by atoms with Crippen molar-refractivity contribution in [1.29, 1.82) is 0 Å². The highest BCUT2D eigenvalue weighted by atomic mass is 19.2. The summed E-state index contributed by atoms with van der Waals surface area (Å²) < 4.78 is 29.5. The molecule has 1 aliphatic rings. The number of rotatable bonds is 2. The highest BCUT2D eigenvalue weighted by Crippen LogP contribution is 2.35. The number of benzene rings is 1. The minimum atomic E-state index is -1.12. The molecule has 2 heterocycles. The molecule has 0 fully saturated rings. The molecule has 1 amide bonds. The molecule has 5 nitrogen and oxygen atoms in total. The van der Waals surface area contributed by atoms with Gasteiger partial charge >= 0.3 is 6.09 Å². The van der Waals surface area contributed by atoms with E-state index in [1.54, 1.807) is 12.3 Å². The molecule has 23 heavy (non-hydrogen) atoms. The molecule has 3 rings (SSSR count). The third-order valence-electron chi connectivity index (χ3n) is 4.37. The maximum atomic E-state index is 14.1. The Hall–Kier alpha value is -2.44. The van der Waals surface area contributed by atoms with Crippen LogP contribution in [0.4, 0.5) is 13.6 Å². The third kappa shape index (κ3) is 2.91. The first-order valence-corrected chi connectivity index (χ1v) is 7.42. The molecule has 0 unspecified atom stereocenters. The number of hydrogen-bond donors (Lipinski definition) is 2. The zero-order valence-corrected chi connectivity index (χ0v) is 12.6. The van der Waals surface area contributed by atoms with Crippen LogP contribution in [-0.4, -0.2) is 20.8 Å². The fourth-order valence-electron chi connectivity index (χ4n) is 3.21. The molecule has 2 aromatic rings. The summed E-state index contributed by atoms with van der Waals surface area (Å²) in [6, 6.07) is 3.76. The van der Waals surface area contributed by atoms with E-state index >= 15 is 0 Å². The first-order valence-electron chi connectivity index (χ1n) is 7.42. The average molecular weight is 321 g/mol. The van der Waals surface area contributed by atoms with E-state index in [1.807, 2.05) is 11.5 Å². The van der Waals surface area contributed by atoms with Crippen LogP contribution < -0.4 is 5.32 Å². The van der Waals surface area contributed by atoms with Gasteiger partial charge in [0, 0.05) is 12.5 Å². The average Bonchev–Trinajstić information content (AvgIpc) is 2.75. The normalized spacial score (nSPS) is 20.7. The molecule has 0 aliphatic carbocycles. The second-order valence-electron chi connectivity index (χ2n) is 5.76. The van der Waals surface area contributed by atoms with E-state index in [4.69, 9.17) is 5.11 Å². The minimum Gasteiger partial charge on any atom is -0.465 e. The van der Waals surface area contributed by atoms with Gasteiger partial charge in [-0.15, -0.1) is 0 Å². The summed E-state index contributed by atoms with van der Waals surface area (Å²) in [5.74, 6) is -1.21. The quantitative estimate of drug-likeness (QED) is 0.891. The Morgan fingerprint density at radius 3 is 2.91 bits per heavy atom. The Balaban J connectivity index is 1.98. The van der Waals surface area contributed by atoms with Crippen molar-refractivity contribution >= 4 is 6.09 Å². The topological polar surface area (TPSA) is 67.2 Å². The SMILES string of the molecule is Cc1ncc2n1C[C@H](c1cccc(F)c1F)CC[C@H]2NC(=O)O. The van der Waals surface area contributed by atoms with Gasteiger partial charge in [-0.2, -0.15) is 0 Å². The molecule has 2 atom stereocenters. The van der Waals surface area contributed by atoms with E-state index in [2.05, 4.69) is 10.3 Å². The van der Waals surface area contributed by atoms with Gasteiger partial charge in [0.15, 0.2) is 11.6 Å². The van der Waals surface area contributed by atoms with Crippen molar-refractivity contribution in [3.05, 3.63) is 53.1 Å². The van der Waals surface area contributed by atoms with Gasteiger partial charge in [0.25, 0.3) is 0 Å². The van der Waals surface area contributed by atoms with Gasteiger partial charge < -0.3 is 15.0 Å². The van der Waals surface area contributed by atoms with Gasteiger partial charge in [0.05, 0.1) is 17.9 Å². The van der Waals surface area contributed by atoms with E-state index in [-0.39, 0.29) is 5.92 Å². The molecule has 0 saturated carbocycles. The number of halogens is 2. The predicted octanol–water partition coefficient (Wildman–Crippen LogP) is 3.36. The summed E-state index contributed by atoms with van der Waals surface area (Å²) in [7, 11) is 0. The maximum Gasteiger partial charge on any atom is 0.405 e. The lowest BCUT2D eigenvalue weighted by atomic mass is 9.92. The van der Waals surface area contributed by atoms with Gasteiger partial charge in [0.1, 0.15) is 5.82 Å². The Morgan fingerprint density at radius 1 is 1.39 bits per heavy atom. The molecule has 122 valence electrons. The number of aromatic nitrogens is 2. The molecule has 0 saturated heterocycles. The molecule has 0 spiro atoms. The highest BCUT2D eigenvalue weighted by Gasteiger charge is 2.29. The van der Waals surface area contributed by atoms with E-state index in [0.29, 0.717) is 24.9 Å². The van der Waals surface area contributed by atoms with Crippen LogP contribution >= 0.6 is 0 Å². The third-order valence-corrected chi connectivity index (χ3v) is 4.37. The molecule has 0 radical (unpaired) electrons. The number of nitrogens with zero attached hydrogens (tertiary/aromatic N) is 2. The minimum absolute atomic E-state index is 0.238. The molecule has 2 N–H and O–H groups in total. The number of amides is 1. The van der Waals surface area contributed by atoms with E-state index < -0.39 is 23.8 Å². The highest BCUT2D eigenvalue weighted by molar-refractivity contribution is 5.65. The van der Waals surface area contributed by atoms with Crippen LogP contribution in [0, 0.1) is 18.6 Å². The standard InChI is InChI=1S/C16H17F2N3O2/c1-9-19-7-14-13(20-16(22)23)6-5-10(8-21(9)14)11-3-2-4-12(17)15(11)18/h2-4,7,10,13,20H,5-6,8H2,1H3,(H,22,23)/t10-,13-/m1/s1. The Bertz CT molecular complexity index is 745. The summed E-state index contributed by atoms with van der Waals surface area (Å²) in [4.78, 5) is 15.2. The Kier molecular flexibility index (Phi) is 4.02. The van der Waals surface area contributed by atoms with Crippen LogP contribution in [-0.2, 0) is 6.54 Å². The second-order valence-corrected chi connectivity index (χ2v) is 5.76. The summed E-state index contributed by atoms with van der Waals surface area (Å²) >= 11 is 0. The zero-order chi connectivity index (χ0) is 16.6. The zero-order valence-electron chi connectivity index (χ0n) is 12.6. The van der Waals surface area contributed by atoms with Crippen molar-refractivity contribution in [2.75, 3.05) is 0 Å². The van der Waals surface area contributed by atoms with Crippen LogP contribution in [0.5, 0.6) is 0 Å². The van der Waals surface area contributed by atoms with Gasteiger partial charge in [0.2, 0.25) is 0 Å². The van der Waals surface area contributed by atoms with Gasteiger partial charge in [-0.25, -0.2) is 18.6 Å². The fourth-order valence-corrected chi connectivity index (χ4v) is 3.21. The predicted molar refractivity (Wildman–Crippen MR) is 79.2 cm³/mol. The van der Waals surface area contributed by atoms with Crippen LogP contribution in [0.15, 0.2) is 24.4 Å². The number of aryl methyl sites for hydroxylation is 1. The number of fused-ring (bicyclic) bond motifs is 1. The summed E-state index contributed by atoms with van der Waals surface area (Å²) in [5, 5.41) is 11.5. The number of carbonyl (C=O) groups is 1. The van der Waals surface area contributed by atoms with E-state index in [0.717, 1.165) is 17.6 Å². The number of nitrogens with one attached hydrogen (secondary N) is 1. The number of carboxylic acid groups (broad SMARTS) is 1. The van der Waals surface area contributed by atoms with E-state index in [1.165, 1.54) is 6.07 Å². The fraction of sp³-hybridized carbons (Fsp3) is 0.375. The lowest BCUT2D eigenvalue weighted by molar-refractivity contribution is 0.188. The number of hydrogen-bond acceptors (Lipinski definition) is 2. The van der Waals surface area contributed by atoms with Crippen molar-refractivity contribution in [1.82, 2.24) is 14.9 Å². The molecule has 1 aromatic carbocycles. The smallest absolute Gasteiger partial charge is 0.405 e. The lowest BCUT2D eigenvalue weighted by Crippen LogP contribution is -2.27. The van der Waals surface area contributed by atoms with Crippen LogP contribution in [0.2, 0.25) is 0 Å². The van der Waals surface area contributed by atoms with Crippen LogP contribution in [0.3, 0.4) is 0 Å². The monoisotopic (exact) mass is 321 g/mol. The van der Waals surface area contributed by atoms with Crippen LogP contribution in [0.25, 0.3) is 0 Å². The Labute approximate surface area is 132 Å². The van der Waals surface area contributed by atoms with Gasteiger partial charge in [-0.1, -0.05) is 12.1 Å². The molecular weight excluding hydrogens is 304 g/mol. The number of imidazole rings is 1. The summed E-state index contributed by atoms with van der Waals surface area (Å²) in [5.41, 5.74) is 1.07. The van der Waals surface area contributed by atoms with Crippen molar-refractivity contribution in [2.24, 2.45) is 0 Å². The molecule has 1 aliphatic heterocycles. The molecule has 7 heteroatoms. The maximum absolute atomic E-state index is 14.1. The molecular formula is C16H17F2N3O2. The second kappa shape index (κ2) is 5.98. The largest absolute Gasteiger partial charge is 0.465 e. The first kappa shape index (κ1) is 15.5. The molecule has 1 aromatic heterocycles. The van der Waals surface area contributed by atoms with Crippen molar-refractivity contribution < 1.29 is 18.7 Å². The van der Waals surface area contributed by atoms with E-state index in [9.17, 15) is 13.6 Å². The lowest BCUT2D eigenvalue weighted by Gasteiger charge is -2.17. The van der Waals surface area contributed by atoms with Gasteiger partial charge in [-0.05, 0) is 31.4 Å². The summed E-state index contributed by atoms with van der Waals surface area (Å²) in [6.45, 7) is 2.25. The van der Waals surface area contributed by atoms with Crippen molar-refractivity contribution in [3.8, 4) is 0 Å². The van der Waals surface area contributed by atoms with Crippen LogP contribution in [0.1, 0.15) is 41.9 Å². The summed E-state index contributed by atoms with van der Waals surface area (Å²) in [6.07, 6.45) is 1.57. The van der Waals surface area contributed by atoms with Crippen molar-refractivity contribution in [3.63, 3.8) is 0 Å². The van der Waals surface area contributed by atoms with Gasteiger partial charge in [-0.3, -0.25) is 0 Å². The first-order chi connectivity index (χ1) is 11.0. The Morgan fingerprint density at radius 2 is 2.17 bits per heavy atom.